The smallest absolute Gasteiger partial charge is 0.236 e. The van der Waals surface area contributed by atoms with Crippen molar-refractivity contribution < 1.29 is 17.6 Å². The molecule has 0 radical (unpaired) electrons. The SMILES string of the molecule is CS(=O)(=O)c1coc(-c2cnc3[nH]ccc3c2N[C@@H]2CCCN(C(=O)CC#N)C2)n1. The van der Waals surface area contributed by atoms with Crippen molar-refractivity contribution in [2.24, 2.45) is 0 Å². The van der Waals surface area contributed by atoms with E-state index >= 15 is 0 Å². The zero-order valence-electron chi connectivity index (χ0n) is 16.3. The van der Waals surface area contributed by atoms with Gasteiger partial charge in [0.25, 0.3) is 0 Å². The summed E-state index contributed by atoms with van der Waals surface area (Å²) in [6.07, 6.45) is 7.01. The molecule has 1 saturated heterocycles. The monoisotopic (exact) mass is 428 g/mol. The van der Waals surface area contributed by atoms with Gasteiger partial charge in [-0.05, 0) is 18.9 Å². The first-order valence-electron chi connectivity index (χ1n) is 9.40. The Labute approximate surface area is 172 Å². The fraction of sp³-hybridized carbons (Fsp3) is 0.368. The molecule has 156 valence electrons. The fourth-order valence-corrected chi connectivity index (χ4v) is 4.06. The third kappa shape index (κ3) is 3.86. The second kappa shape index (κ2) is 7.79. The largest absolute Gasteiger partial charge is 0.443 e. The van der Waals surface area contributed by atoms with Gasteiger partial charge in [-0.2, -0.15) is 10.2 Å². The molecular weight excluding hydrogens is 408 g/mol. The van der Waals surface area contributed by atoms with Gasteiger partial charge in [-0.1, -0.05) is 0 Å². The molecule has 0 aliphatic carbocycles. The van der Waals surface area contributed by atoms with Gasteiger partial charge in [-0.25, -0.2) is 13.4 Å². The standard InChI is InChI=1S/C19H20N6O4S/c1-30(27,28)15-11-29-19(24-15)14-9-22-18-13(5-7-21-18)17(14)23-12-3-2-8-25(10-12)16(26)4-6-20/h5,7,9,11-12H,2-4,8,10H2,1H3,(H2,21,22,23)/t12-/m1/s1. The van der Waals surface area contributed by atoms with Crippen LogP contribution in [0.15, 0.2) is 34.2 Å². The molecule has 0 aromatic carbocycles. The third-order valence-electron chi connectivity index (χ3n) is 5.03. The number of pyridine rings is 1. The number of nitrogens with zero attached hydrogens (tertiary/aromatic N) is 4. The van der Waals surface area contributed by atoms with Crippen molar-refractivity contribution in [1.82, 2.24) is 19.9 Å². The number of likely N-dealkylation sites (tertiary alicyclic amines) is 1. The van der Waals surface area contributed by atoms with Gasteiger partial charge in [0.1, 0.15) is 18.3 Å². The lowest BCUT2D eigenvalue weighted by molar-refractivity contribution is -0.131. The number of rotatable bonds is 5. The summed E-state index contributed by atoms with van der Waals surface area (Å²) >= 11 is 0. The Balaban J connectivity index is 1.69. The topological polar surface area (TPSA) is 145 Å². The lowest BCUT2D eigenvalue weighted by Crippen LogP contribution is -2.45. The molecule has 1 aliphatic heterocycles. The number of carbonyl (C=O) groups is 1. The number of oxazole rings is 1. The average Bonchev–Trinajstić information content (AvgIpc) is 3.38. The van der Waals surface area contributed by atoms with Crippen LogP contribution in [0.3, 0.4) is 0 Å². The molecule has 3 aromatic rings. The molecule has 0 unspecified atom stereocenters. The van der Waals surface area contributed by atoms with E-state index in [0.29, 0.717) is 30.0 Å². The highest BCUT2D eigenvalue weighted by atomic mass is 32.2. The van der Waals surface area contributed by atoms with Crippen LogP contribution >= 0.6 is 0 Å². The van der Waals surface area contributed by atoms with Crippen LogP contribution < -0.4 is 5.32 Å². The van der Waals surface area contributed by atoms with Gasteiger partial charge in [-0.15, -0.1) is 0 Å². The van der Waals surface area contributed by atoms with Gasteiger partial charge in [0.15, 0.2) is 14.9 Å². The van der Waals surface area contributed by atoms with Gasteiger partial charge < -0.3 is 19.6 Å². The number of anilines is 1. The Bertz CT molecular complexity index is 1240. The van der Waals surface area contributed by atoms with Crippen LogP contribution in [-0.4, -0.2) is 59.6 Å². The Morgan fingerprint density at radius 1 is 1.50 bits per heavy atom. The molecule has 1 aliphatic rings. The minimum Gasteiger partial charge on any atom is -0.443 e. The highest BCUT2D eigenvalue weighted by molar-refractivity contribution is 7.90. The van der Waals surface area contributed by atoms with Crippen molar-refractivity contribution in [3.8, 4) is 17.5 Å². The Morgan fingerprint density at radius 3 is 3.07 bits per heavy atom. The maximum absolute atomic E-state index is 12.1. The van der Waals surface area contributed by atoms with Crippen molar-refractivity contribution in [2.45, 2.75) is 30.3 Å². The Morgan fingerprint density at radius 2 is 2.33 bits per heavy atom. The van der Waals surface area contributed by atoms with Gasteiger partial charge >= 0.3 is 0 Å². The van der Waals surface area contributed by atoms with E-state index in [9.17, 15) is 13.2 Å². The van der Waals surface area contributed by atoms with Crippen LogP contribution in [-0.2, 0) is 14.6 Å². The van der Waals surface area contributed by atoms with E-state index in [-0.39, 0.29) is 29.3 Å². The number of carbonyl (C=O) groups excluding carboxylic acids is 1. The summed E-state index contributed by atoms with van der Waals surface area (Å²) in [5, 5.41) is 12.9. The van der Waals surface area contributed by atoms with Crippen molar-refractivity contribution in [1.29, 1.82) is 5.26 Å². The Hall–Kier alpha value is -3.39. The molecule has 2 N–H and O–H groups in total. The van der Waals surface area contributed by atoms with E-state index in [1.165, 1.54) is 0 Å². The van der Waals surface area contributed by atoms with Gasteiger partial charge in [0.2, 0.25) is 11.8 Å². The van der Waals surface area contributed by atoms with E-state index in [2.05, 4.69) is 20.3 Å². The first-order chi connectivity index (χ1) is 14.4. The molecule has 11 heteroatoms. The van der Waals surface area contributed by atoms with Gasteiger partial charge in [0.05, 0.1) is 17.3 Å². The van der Waals surface area contributed by atoms with Crippen LogP contribution in [0.4, 0.5) is 5.69 Å². The van der Waals surface area contributed by atoms with Crippen molar-refractivity contribution in [2.75, 3.05) is 24.7 Å². The molecule has 30 heavy (non-hydrogen) atoms. The minimum absolute atomic E-state index is 0.0509. The van der Waals surface area contributed by atoms with Crippen LogP contribution in [0.25, 0.3) is 22.5 Å². The van der Waals surface area contributed by atoms with E-state index in [1.54, 1.807) is 17.3 Å². The number of nitrogens with one attached hydrogen (secondary N) is 2. The number of sulfone groups is 1. The van der Waals surface area contributed by atoms with E-state index in [0.717, 1.165) is 30.7 Å². The van der Waals surface area contributed by atoms with Gasteiger partial charge in [0, 0.05) is 43.2 Å². The number of aromatic nitrogens is 3. The quantitative estimate of drug-likeness (QED) is 0.627. The number of piperidine rings is 1. The third-order valence-corrected chi connectivity index (χ3v) is 5.98. The van der Waals surface area contributed by atoms with E-state index < -0.39 is 9.84 Å². The summed E-state index contributed by atoms with van der Waals surface area (Å²) in [7, 11) is -3.51. The zero-order chi connectivity index (χ0) is 21.3. The normalized spacial score (nSPS) is 17.1. The van der Waals surface area contributed by atoms with E-state index in [1.807, 2.05) is 12.1 Å². The summed E-state index contributed by atoms with van der Waals surface area (Å²) in [5.74, 6) is -0.0435. The second-order valence-electron chi connectivity index (χ2n) is 7.21. The molecule has 10 nitrogen and oxygen atoms in total. The first-order valence-corrected chi connectivity index (χ1v) is 11.3. The minimum atomic E-state index is -3.51. The van der Waals surface area contributed by atoms with Crippen LogP contribution in [0.2, 0.25) is 0 Å². The van der Waals surface area contributed by atoms with Crippen LogP contribution in [0, 0.1) is 11.3 Å². The Kier molecular flexibility index (Phi) is 5.17. The number of nitriles is 1. The highest BCUT2D eigenvalue weighted by Crippen LogP contribution is 2.34. The maximum Gasteiger partial charge on any atom is 0.236 e. The lowest BCUT2D eigenvalue weighted by atomic mass is 10.0. The number of aromatic amines is 1. The van der Waals surface area contributed by atoms with Crippen molar-refractivity contribution in [3.63, 3.8) is 0 Å². The number of amides is 1. The van der Waals surface area contributed by atoms with Crippen molar-refractivity contribution in [3.05, 3.63) is 24.7 Å². The molecule has 1 atom stereocenters. The molecular formula is C19H20N6O4S. The summed E-state index contributed by atoms with van der Waals surface area (Å²) in [6, 6.07) is 3.71. The fourth-order valence-electron chi connectivity index (χ4n) is 3.58. The summed E-state index contributed by atoms with van der Waals surface area (Å²) in [6.45, 7) is 1.09. The van der Waals surface area contributed by atoms with Gasteiger partial charge in [-0.3, -0.25) is 4.79 Å². The second-order valence-corrected chi connectivity index (χ2v) is 9.17. The molecule has 4 heterocycles. The zero-order valence-corrected chi connectivity index (χ0v) is 17.1. The molecule has 3 aromatic heterocycles. The highest BCUT2D eigenvalue weighted by Gasteiger charge is 2.26. The summed E-state index contributed by atoms with van der Waals surface area (Å²) in [5.41, 5.74) is 1.88. The number of hydrogen-bond acceptors (Lipinski definition) is 8. The predicted molar refractivity (Wildman–Crippen MR) is 108 cm³/mol. The predicted octanol–water partition coefficient (Wildman–Crippen LogP) is 1.94. The maximum atomic E-state index is 12.1. The van der Waals surface area contributed by atoms with Crippen LogP contribution in [0.5, 0.6) is 0 Å². The molecule has 0 bridgehead atoms. The van der Waals surface area contributed by atoms with E-state index in [4.69, 9.17) is 9.68 Å². The number of H-pyrrole nitrogens is 1. The lowest BCUT2D eigenvalue weighted by Gasteiger charge is -2.33. The molecule has 4 rings (SSSR count). The summed E-state index contributed by atoms with van der Waals surface area (Å²) in [4.78, 5) is 25.4. The molecule has 0 saturated carbocycles. The van der Waals surface area contributed by atoms with Crippen molar-refractivity contribution >= 4 is 32.5 Å². The molecule has 0 spiro atoms. The van der Waals surface area contributed by atoms with Crippen LogP contribution in [0.1, 0.15) is 19.3 Å². The average molecular weight is 428 g/mol. The molecule has 1 fully saturated rings. The number of hydrogen-bond donors (Lipinski definition) is 2. The molecule has 1 amide bonds. The number of fused-ring (bicyclic) bond motifs is 1. The summed E-state index contributed by atoms with van der Waals surface area (Å²) < 4.78 is 29.0. The first kappa shape index (κ1) is 19.9.